The lowest BCUT2D eigenvalue weighted by Gasteiger charge is -2.32. The van der Waals surface area contributed by atoms with E-state index in [1.54, 1.807) is 13.0 Å². The van der Waals surface area contributed by atoms with Crippen molar-refractivity contribution in [2.45, 2.75) is 41.0 Å². The molecule has 0 atom stereocenters. The van der Waals surface area contributed by atoms with Crippen molar-refractivity contribution in [1.82, 2.24) is 0 Å². The van der Waals surface area contributed by atoms with Gasteiger partial charge in [0.05, 0.1) is 0 Å². The molecule has 0 fully saturated rings. The molecule has 0 bridgehead atoms. The predicted molar refractivity (Wildman–Crippen MR) is 64.7 cm³/mol. The van der Waals surface area contributed by atoms with Crippen LogP contribution in [0.2, 0.25) is 0 Å². The molecule has 0 aromatic carbocycles. The maximum Gasteiger partial charge on any atom is 0.152 e. The number of carbonyl (C=O) groups excluding carboxylic acids is 1. The van der Waals surface area contributed by atoms with Gasteiger partial charge in [0.2, 0.25) is 0 Å². The second-order valence-electron chi connectivity index (χ2n) is 4.99. The zero-order chi connectivity index (χ0) is 11.6. The van der Waals surface area contributed by atoms with Crippen LogP contribution in [0.4, 0.5) is 0 Å². The van der Waals surface area contributed by atoms with Crippen LogP contribution in [0.5, 0.6) is 0 Å². The summed E-state index contributed by atoms with van der Waals surface area (Å²) in [5.74, 6) is 0.123. The third kappa shape index (κ3) is 2.68. The van der Waals surface area contributed by atoms with E-state index >= 15 is 0 Å². The molecular formula is C14H20O. The first-order valence-corrected chi connectivity index (χ1v) is 5.42. The van der Waals surface area contributed by atoms with Crippen LogP contribution < -0.4 is 0 Å². The van der Waals surface area contributed by atoms with Gasteiger partial charge in [0.15, 0.2) is 5.78 Å². The molecule has 15 heavy (non-hydrogen) atoms. The molecule has 82 valence electrons. The van der Waals surface area contributed by atoms with Gasteiger partial charge in [-0.3, -0.25) is 4.79 Å². The molecule has 0 radical (unpaired) electrons. The zero-order valence-electron chi connectivity index (χ0n) is 10.3. The van der Waals surface area contributed by atoms with E-state index in [-0.39, 0.29) is 11.2 Å². The lowest BCUT2D eigenvalue weighted by atomic mass is 9.73. The summed E-state index contributed by atoms with van der Waals surface area (Å²) in [6, 6.07) is 0. The summed E-state index contributed by atoms with van der Waals surface area (Å²) in [6.45, 7) is 10.2. The second-order valence-corrected chi connectivity index (χ2v) is 4.99. The van der Waals surface area contributed by atoms with Crippen molar-refractivity contribution in [3.8, 4) is 0 Å². The average molecular weight is 204 g/mol. The van der Waals surface area contributed by atoms with Crippen molar-refractivity contribution >= 4 is 5.78 Å². The first-order chi connectivity index (χ1) is 6.84. The zero-order valence-corrected chi connectivity index (χ0v) is 10.3. The number of allylic oxidation sites excluding steroid dienone is 6. The Labute approximate surface area is 92.6 Å². The van der Waals surface area contributed by atoms with Crippen molar-refractivity contribution in [2.24, 2.45) is 5.41 Å². The molecule has 0 unspecified atom stereocenters. The molecule has 0 saturated heterocycles. The van der Waals surface area contributed by atoms with E-state index < -0.39 is 0 Å². The summed E-state index contributed by atoms with van der Waals surface area (Å²) in [5, 5.41) is 0. The van der Waals surface area contributed by atoms with Crippen LogP contribution in [0.15, 0.2) is 34.9 Å². The molecule has 0 heterocycles. The average Bonchev–Trinajstić information content (AvgIpc) is 1.99. The molecule has 1 rings (SSSR count). The van der Waals surface area contributed by atoms with Crippen LogP contribution in [0, 0.1) is 5.41 Å². The highest BCUT2D eigenvalue weighted by atomic mass is 16.1. The molecule has 0 N–H and O–H groups in total. The van der Waals surface area contributed by atoms with Crippen LogP contribution in [-0.2, 0) is 4.79 Å². The van der Waals surface area contributed by atoms with Crippen molar-refractivity contribution in [2.75, 3.05) is 0 Å². The summed E-state index contributed by atoms with van der Waals surface area (Å²) in [6.07, 6.45) is 7.14. The van der Waals surface area contributed by atoms with E-state index in [9.17, 15) is 4.79 Å². The standard InChI is InChI=1S/C14H20O/c1-10-7-6-8-14(4,5)13(10)11(2)9-12(3)15/h6-7,9H,8H2,1-5H3/b11-9-. The van der Waals surface area contributed by atoms with E-state index in [1.807, 2.05) is 6.92 Å². The third-order valence-electron chi connectivity index (χ3n) is 2.88. The van der Waals surface area contributed by atoms with Gasteiger partial charge in [0, 0.05) is 0 Å². The quantitative estimate of drug-likeness (QED) is 0.625. The number of hydrogen-bond acceptors (Lipinski definition) is 1. The summed E-state index contributed by atoms with van der Waals surface area (Å²) in [5.41, 5.74) is 3.85. The topological polar surface area (TPSA) is 17.1 Å². The minimum absolute atomic E-state index is 0.123. The van der Waals surface area contributed by atoms with Gasteiger partial charge in [0.25, 0.3) is 0 Å². The smallest absolute Gasteiger partial charge is 0.152 e. The van der Waals surface area contributed by atoms with Gasteiger partial charge in [0.1, 0.15) is 0 Å². The first-order valence-electron chi connectivity index (χ1n) is 5.42. The molecule has 0 spiro atoms. The Morgan fingerprint density at radius 3 is 2.47 bits per heavy atom. The van der Waals surface area contributed by atoms with Crippen LogP contribution in [0.1, 0.15) is 41.0 Å². The fraction of sp³-hybridized carbons (Fsp3) is 0.500. The Morgan fingerprint density at radius 2 is 2.00 bits per heavy atom. The molecule has 0 aromatic rings. The molecular weight excluding hydrogens is 184 g/mol. The van der Waals surface area contributed by atoms with Crippen molar-refractivity contribution in [3.63, 3.8) is 0 Å². The lowest BCUT2D eigenvalue weighted by Crippen LogP contribution is -2.19. The van der Waals surface area contributed by atoms with E-state index in [0.717, 1.165) is 12.0 Å². The largest absolute Gasteiger partial charge is 0.295 e. The molecule has 1 nitrogen and oxygen atoms in total. The normalized spacial score (nSPS) is 20.7. The number of hydrogen-bond donors (Lipinski definition) is 0. The van der Waals surface area contributed by atoms with Gasteiger partial charge in [-0.15, -0.1) is 0 Å². The minimum atomic E-state index is 0.123. The fourth-order valence-corrected chi connectivity index (χ4v) is 2.47. The van der Waals surface area contributed by atoms with Crippen LogP contribution in [0.25, 0.3) is 0 Å². The van der Waals surface area contributed by atoms with Gasteiger partial charge >= 0.3 is 0 Å². The second kappa shape index (κ2) is 4.18. The Hall–Kier alpha value is -1.11. The maximum absolute atomic E-state index is 11.1. The summed E-state index contributed by atoms with van der Waals surface area (Å²) in [4.78, 5) is 11.1. The summed E-state index contributed by atoms with van der Waals surface area (Å²) < 4.78 is 0. The Balaban J connectivity index is 3.20. The van der Waals surface area contributed by atoms with Crippen LogP contribution >= 0.6 is 0 Å². The van der Waals surface area contributed by atoms with E-state index in [2.05, 4.69) is 32.9 Å². The fourth-order valence-electron chi connectivity index (χ4n) is 2.47. The van der Waals surface area contributed by atoms with Gasteiger partial charge in [-0.2, -0.15) is 0 Å². The first kappa shape index (κ1) is 12.0. The number of rotatable bonds is 2. The number of carbonyl (C=O) groups is 1. The molecule has 1 heteroatoms. The Kier molecular flexibility index (Phi) is 3.33. The Bertz CT molecular complexity index is 365. The van der Waals surface area contributed by atoms with E-state index in [4.69, 9.17) is 0 Å². The molecule has 1 aliphatic carbocycles. The van der Waals surface area contributed by atoms with Gasteiger partial charge in [-0.1, -0.05) is 26.0 Å². The lowest BCUT2D eigenvalue weighted by molar-refractivity contribution is -0.112. The van der Waals surface area contributed by atoms with E-state index in [0.29, 0.717) is 0 Å². The highest BCUT2D eigenvalue weighted by Crippen LogP contribution is 2.40. The van der Waals surface area contributed by atoms with Gasteiger partial charge in [-0.25, -0.2) is 0 Å². The van der Waals surface area contributed by atoms with Gasteiger partial charge < -0.3 is 0 Å². The SMILES string of the molecule is CC(=O)/C=C(/C)C1=C(C)C=CCC1(C)C. The summed E-state index contributed by atoms with van der Waals surface area (Å²) in [7, 11) is 0. The third-order valence-corrected chi connectivity index (χ3v) is 2.88. The molecule has 0 aromatic heterocycles. The predicted octanol–water partition coefficient (Wildman–Crippen LogP) is 3.82. The molecule has 1 aliphatic rings. The summed E-state index contributed by atoms with van der Waals surface area (Å²) >= 11 is 0. The minimum Gasteiger partial charge on any atom is -0.295 e. The molecule has 0 amide bonds. The maximum atomic E-state index is 11.1. The highest BCUT2D eigenvalue weighted by Gasteiger charge is 2.26. The number of ketones is 1. The van der Waals surface area contributed by atoms with Crippen molar-refractivity contribution in [3.05, 3.63) is 34.9 Å². The van der Waals surface area contributed by atoms with Crippen LogP contribution in [0.3, 0.4) is 0 Å². The molecule has 0 aliphatic heterocycles. The monoisotopic (exact) mass is 204 g/mol. The Morgan fingerprint density at radius 1 is 1.40 bits per heavy atom. The van der Waals surface area contributed by atoms with Crippen molar-refractivity contribution in [1.29, 1.82) is 0 Å². The van der Waals surface area contributed by atoms with E-state index in [1.165, 1.54) is 11.1 Å². The highest BCUT2D eigenvalue weighted by molar-refractivity contribution is 5.88. The molecule has 0 saturated carbocycles. The van der Waals surface area contributed by atoms with Crippen LogP contribution in [-0.4, -0.2) is 5.78 Å². The van der Waals surface area contributed by atoms with Crippen molar-refractivity contribution < 1.29 is 4.79 Å². The van der Waals surface area contributed by atoms with Gasteiger partial charge in [-0.05, 0) is 55.4 Å².